The van der Waals surface area contributed by atoms with E-state index in [1.54, 1.807) is 19.3 Å². The molecule has 1 unspecified atom stereocenters. The first kappa shape index (κ1) is 9.86. The Morgan fingerprint density at radius 2 is 2.38 bits per heavy atom. The van der Waals surface area contributed by atoms with Gasteiger partial charge in [0.1, 0.15) is 11.4 Å². The third-order valence-corrected chi connectivity index (χ3v) is 1.82. The molecular formula is C7H11N4OP. The average molecular weight is 198 g/mol. The van der Waals surface area contributed by atoms with Crippen LogP contribution in [-0.2, 0) is 0 Å². The fourth-order valence-corrected chi connectivity index (χ4v) is 1.29. The van der Waals surface area contributed by atoms with Crippen LogP contribution in [0.4, 0.5) is 0 Å². The Kier molecular flexibility index (Phi) is 3.14. The van der Waals surface area contributed by atoms with Gasteiger partial charge in [0, 0.05) is 14.0 Å². The maximum Gasteiger partial charge on any atom is 0.180 e. The maximum absolute atomic E-state index is 11.1. The predicted octanol–water partition coefficient (Wildman–Crippen LogP) is 0.309. The van der Waals surface area contributed by atoms with E-state index in [2.05, 4.69) is 25.0 Å². The highest BCUT2D eigenvalue weighted by Gasteiger charge is 2.11. The molecule has 0 aliphatic heterocycles. The monoisotopic (exact) mass is 198 g/mol. The molecule has 5 nitrogen and oxygen atoms in total. The van der Waals surface area contributed by atoms with Crippen LogP contribution in [0.3, 0.4) is 0 Å². The van der Waals surface area contributed by atoms with E-state index in [1.165, 1.54) is 11.4 Å². The second kappa shape index (κ2) is 4.14. The number of carbonyl (C=O) groups is 1. The minimum atomic E-state index is -0.0595. The highest BCUT2D eigenvalue weighted by molar-refractivity contribution is 7.14. The van der Waals surface area contributed by atoms with Crippen molar-refractivity contribution >= 4 is 21.2 Å². The number of hydrogen-bond acceptors (Lipinski definition) is 4. The van der Waals surface area contributed by atoms with Gasteiger partial charge in [-0.05, 0) is 21.7 Å². The second-order valence-corrected chi connectivity index (χ2v) is 2.94. The zero-order valence-corrected chi connectivity index (χ0v) is 8.64. The largest absolute Gasteiger partial charge is 0.394 e. The molecule has 0 spiro atoms. The molecule has 0 aliphatic rings. The van der Waals surface area contributed by atoms with Crippen molar-refractivity contribution in [3.05, 3.63) is 17.6 Å². The van der Waals surface area contributed by atoms with Crippen molar-refractivity contribution in [1.82, 2.24) is 20.1 Å². The van der Waals surface area contributed by atoms with Crippen molar-refractivity contribution in [1.29, 1.82) is 0 Å². The van der Waals surface area contributed by atoms with Crippen molar-refractivity contribution < 1.29 is 4.79 Å². The summed E-state index contributed by atoms with van der Waals surface area (Å²) in [4.78, 5) is 11.1. The van der Waals surface area contributed by atoms with E-state index in [9.17, 15) is 4.79 Å². The zero-order chi connectivity index (χ0) is 9.84. The lowest BCUT2D eigenvalue weighted by Gasteiger charge is -1.94. The summed E-state index contributed by atoms with van der Waals surface area (Å²) in [6.07, 6.45) is 3.39. The molecule has 0 fully saturated rings. The van der Waals surface area contributed by atoms with Crippen molar-refractivity contribution in [2.24, 2.45) is 0 Å². The van der Waals surface area contributed by atoms with Crippen molar-refractivity contribution in [2.45, 2.75) is 6.92 Å². The molecule has 0 aliphatic carbocycles. The van der Waals surface area contributed by atoms with Crippen LogP contribution in [0.15, 0.2) is 6.20 Å². The lowest BCUT2D eigenvalue weighted by atomic mass is 10.2. The summed E-state index contributed by atoms with van der Waals surface area (Å²) >= 11 is 0. The number of Topliss-reactive ketones (excluding diaryl/α,β-unsaturated/α-hetero) is 1. The topological polar surface area (TPSA) is 59.8 Å². The van der Waals surface area contributed by atoms with Gasteiger partial charge in [-0.2, -0.15) is 0 Å². The summed E-state index contributed by atoms with van der Waals surface area (Å²) in [7, 11) is 4.08. The predicted molar refractivity (Wildman–Crippen MR) is 53.2 cm³/mol. The molecule has 0 saturated carbocycles. The summed E-state index contributed by atoms with van der Waals surface area (Å²) < 4.78 is 1.39. The molecule has 0 bridgehead atoms. The van der Waals surface area contributed by atoms with Crippen molar-refractivity contribution in [3.63, 3.8) is 0 Å². The summed E-state index contributed by atoms with van der Waals surface area (Å²) in [5, 5.41) is 10.4. The van der Waals surface area contributed by atoms with Gasteiger partial charge in [-0.1, -0.05) is 5.21 Å². The Bertz CT molecular complexity index is 344. The van der Waals surface area contributed by atoms with Crippen LogP contribution in [0.2, 0.25) is 0 Å². The molecule has 1 rings (SSSR count). The molecular weight excluding hydrogens is 187 g/mol. The Morgan fingerprint density at radius 1 is 1.69 bits per heavy atom. The van der Waals surface area contributed by atoms with E-state index < -0.39 is 0 Å². The minimum absolute atomic E-state index is 0.0595. The number of ketones is 1. The first-order chi connectivity index (χ1) is 6.16. The third-order valence-electron chi connectivity index (χ3n) is 1.46. The van der Waals surface area contributed by atoms with Crippen LogP contribution in [0.5, 0.6) is 0 Å². The van der Waals surface area contributed by atoms with Crippen LogP contribution in [0, 0.1) is 0 Å². The molecule has 0 amide bonds. The van der Waals surface area contributed by atoms with Crippen LogP contribution < -0.4 is 5.32 Å². The highest BCUT2D eigenvalue weighted by atomic mass is 31.0. The van der Waals surface area contributed by atoms with Gasteiger partial charge in [-0.15, -0.1) is 5.10 Å². The summed E-state index contributed by atoms with van der Waals surface area (Å²) in [6.45, 7) is 1.48. The van der Waals surface area contributed by atoms with Gasteiger partial charge in [-0.3, -0.25) is 4.79 Å². The van der Waals surface area contributed by atoms with E-state index in [-0.39, 0.29) is 5.78 Å². The van der Waals surface area contributed by atoms with E-state index >= 15 is 0 Å². The number of aromatic nitrogens is 3. The number of nitrogens with one attached hydrogen (secondary N) is 1. The molecule has 1 heterocycles. The molecule has 0 aromatic carbocycles. The van der Waals surface area contributed by atoms with E-state index in [0.717, 1.165) is 0 Å². The quantitative estimate of drug-likeness (QED) is 0.561. The smallest absolute Gasteiger partial charge is 0.180 e. The van der Waals surface area contributed by atoms with Crippen LogP contribution in [-0.4, -0.2) is 27.6 Å². The number of nitrogens with zero attached hydrogens (tertiary/aromatic N) is 3. The van der Waals surface area contributed by atoms with Gasteiger partial charge in [0.05, 0.1) is 0 Å². The molecule has 1 N–H and O–H groups in total. The fraction of sp³-hybridized carbons (Fsp3) is 0.286. The highest BCUT2D eigenvalue weighted by Crippen LogP contribution is 2.10. The molecule has 1 aromatic rings. The van der Waals surface area contributed by atoms with Crippen LogP contribution >= 0.6 is 9.39 Å². The number of rotatable bonds is 3. The molecule has 6 heteroatoms. The third kappa shape index (κ3) is 2.12. The Balaban J connectivity index is 3.07. The SMILES string of the molecule is CN/C=C\c1nnn(P)c1C(C)=O. The molecule has 0 radical (unpaired) electrons. The molecule has 1 aromatic heterocycles. The van der Waals surface area contributed by atoms with Gasteiger partial charge in [-0.25, -0.2) is 4.45 Å². The number of hydrogen-bond donors (Lipinski definition) is 1. The van der Waals surface area contributed by atoms with Gasteiger partial charge in [0.2, 0.25) is 0 Å². The van der Waals surface area contributed by atoms with Gasteiger partial charge >= 0.3 is 0 Å². The zero-order valence-electron chi connectivity index (χ0n) is 7.48. The normalized spacial score (nSPS) is 10.7. The minimum Gasteiger partial charge on any atom is -0.394 e. The van der Waals surface area contributed by atoms with E-state index in [4.69, 9.17) is 0 Å². The fourth-order valence-electron chi connectivity index (χ4n) is 0.922. The second-order valence-electron chi connectivity index (χ2n) is 2.45. The molecule has 70 valence electrons. The van der Waals surface area contributed by atoms with Gasteiger partial charge < -0.3 is 5.32 Å². The van der Waals surface area contributed by atoms with Gasteiger partial charge in [0.25, 0.3) is 0 Å². The summed E-state index contributed by atoms with van der Waals surface area (Å²) in [5.41, 5.74) is 1.05. The molecule has 13 heavy (non-hydrogen) atoms. The maximum atomic E-state index is 11.1. The van der Waals surface area contributed by atoms with E-state index in [0.29, 0.717) is 11.4 Å². The van der Waals surface area contributed by atoms with Crippen LogP contribution in [0.1, 0.15) is 23.1 Å². The lowest BCUT2D eigenvalue weighted by molar-refractivity contribution is 0.101. The van der Waals surface area contributed by atoms with Crippen molar-refractivity contribution in [2.75, 3.05) is 7.05 Å². The van der Waals surface area contributed by atoms with Crippen molar-refractivity contribution in [3.8, 4) is 0 Å². The molecule has 1 atom stereocenters. The average Bonchev–Trinajstić information content (AvgIpc) is 2.43. The summed E-state index contributed by atoms with van der Waals surface area (Å²) in [6, 6.07) is 0. The van der Waals surface area contributed by atoms with Crippen LogP contribution in [0.25, 0.3) is 6.08 Å². The number of carbonyl (C=O) groups excluding carboxylic acids is 1. The molecule has 0 saturated heterocycles. The summed E-state index contributed by atoms with van der Waals surface area (Å²) in [5.74, 6) is -0.0595. The first-order valence-corrected chi connectivity index (χ1v) is 4.24. The van der Waals surface area contributed by atoms with E-state index in [1.807, 2.05) is 0 Å². The Labute approximate surface area is 78.5 Å². The Morgan fingerprint density at radius 3 is 2.92 bits per heavy atom. The Hall–Kier alpha value is -1.22. The lowest BCUT2D eigenvalue weighted by Crippen LogP contribution is -2.00. The van der Waals surface area contributed by atoms with Gasteiger partial charge in [0.15, 0.2) is 5.78 Å². The first-order valence-electron chi connectivity index (χ1n) is 3.72. The standard InChI is InChI=1S/C7H11N4OP/c1-5(12)7-6(3-4-8-2)9-10-11(7)13/h3-4,8H,13H2,1-2H3/b4-3-.